The molecule has 1 aromatic rings. The Bertz CT molecular complexity index is 311. The summed E-state index contributed by atoms with van der Waals surface area (Å²) in [5.74, 6) is 0. The zero-order valence-electron chi connectivity index (χ0n) is 7.35. The van der Waals surface area contributed by atoms with Crippen molar-refractivity contribution in [3.8, 4) is 0 Å². The maximum Gasteiger partial charge on any atom is 0.0192 e. The van der Waals surface area contributed by atoms with Crippen LogP contribution in [0.15, 0.2) is 32.7 Å². The molecule has 1 aromatic carbocycles. The number of halogens is 2. The third-order valence-electron chi connectivity index (χ3n) is 1.62. The van der Waals surface area contributed by atoms with Crippen LogP contribution in [0.2, 0.25) is 0 Å². The fraction of sp³-hybridized carbons (Fsp3) is 0.200. The van der Waals surface area contributed by atoms with Gasteiger partial charge in [-0.3, -0.25) is 0 Å². The minimum Gasteiger partial charge on any atom is -0.327 e. The Morgan fingerprint density at radius 2 is 1.85 bits per heavy atom. The van der Waals surface area contributed by atoms with Crippen molar-refractivity contribution in [2.75, 3.05) is 6.54 Å². The molecule has 0 spiro atoms. The smallest absolute Gasteiger partial charge is 0.0192 e. The molecule has 0 saturated heterocycles. The van der Waals surface area contributed by atoms with Crippen LogP contribution in [0.1, 0.15) is 12.5 Å². The van der Waals surface area contributed by atoms with Gasteiger partial charge in [-0.05, 0) is 30.7 Å². The number of rotatable bonds is 2. The van der Waals surface area contributed by atoms with Gasteiger partial charge in [0.25, 0.3) is 0 Å². The van der Waals surface area contributed by atoms with Gasteiger partial charge in [-0.15, -0.1) is 0 Å². The van der Waals surface area contributed by atoms with Crippen LogP contribution in [0.5, 0.6) is 0 Å². The van der Waals surface area contributed by atoms with Gasteiger partial charge in [0.15, 0.2) is 0 Å². The number of hydrogen-bond acceptors (Lipinski definition) is 1. The van der Waals surface area contributed by atoms with Crippen molar-refractivity contribution in [3.05, 3.63) is 38.3 Å². The predicted octanol–water partition coefficient (Wildman–Crippen LogP) is 3.57. The third-order valence-corrected chi connectivity index (χ3v) is 2.54. The molecular formula is C10H11Br2N. The predicted molar refractivity (Wildman–Crippen MR) is 64.5 cm³/mol. The van der Waals surface area contributed by atoms with E-state index in [4.69, 9.17) is 5.73 Å². The highest BCUT2D eigenvalue weighted by Crippen LogP contribution is 2.21. The molecule has 0 unspecified atom stereocenters. The van der Waals surface area contributed by atoms with Gasteiger partial charge < -0.3 is 5.73 Å². The normalized spacial score (nSPS) is 11.8. The van der Waals surface area contributed by atoms with Crippen molar-refractivity contribution in [3.63, 3.8) is 0 Å². The summed E-state index contributed by atoms with van der Waals surface area (Å²) in [6, 6.07) is 6.13. The Morgan fingerprint density at radius 1 is 1.31 bits per heavy atom. The van der Waals surface area contributed by atoms with Crippen LogP contribution in [0.4, 0.5) is 0 Å². The first-order chi connectivity index (χ1) is 6.11. The Morgan fingerprint density at radius 3 is 2.31 bits per heavy atom. The van der Waals surface area contributed by atoms with Crippen molar-refractivity contribution in [1.82, 2.24) is 0 Å². The van der Waals surface area contributed by atoms with E-state index in [-0.39, 0.29) is 0 Å². The van der Waals surface area contributed by atoms with Crippen molar-refractivity contribution < 1.29 is 0 Å². The monoisotopic (exact) mass is 303 g/mol. The average molecular weight is 305 g/mol. The summed E-state index contributed by atoms with van der Waals surface area (Å²) >= 11 is 6.87. The van der Waals surface area contributed by atoms with Crippen LogP contribution >= 0.6 is 31.9 Å². The van der Waals surface area contributed by atoms with Gasteiger partial charge in [0, 0.05) is 15.5 Å². The molecule has 3 heteroatoms. The topological polar surface area (TPSA) is 26.0 Å². The molecule has 0 radical (unpaired) electrons. The molecule has 0 saturated carbocycles. The Kier molecular flexibility index (Phi) is 4.16. The zero-order valence-corrected chi connectivity index (χ0v) is 10.5. The summed E-state index contributed by atoms with van der Waals surface area (Å²) in [4.78, 5) is 0. The fourth-order valence-electron chi connectivity index (χ4n) is 1.00. The Labute approximate surface area is 95.3 Å². The molecule has 0 bridgehead atoms. The molecule has 2 N–H and O–H groups in total. The van der Waals surface area contributed by atoms with Gasteiger partial charge in [-0.1, -0.05) is 43.5 Å². The lowest BCUT2D eigenvalue weighted by Gasteiger charge is -1.99. The van der Waals surface area contributed by atoms with Gasteiger partial charge in [0.2, 0.25) is 0 Å². The molecule has 70 valence electrons. The molecule has 0 aliphatic carbocycles. The molecule has 0 heterocycles. The highest BCUT2D eigenvalue weighted by atomic mass is 79.9. The van der Waals surface area contributed by atoms with E-state index >= 15 is 0 Å². The lowest BCUT2D eigenvalue weighted by molar-refractivity contribution is 1.15. The molecule has 0 aliphatic rings. The van der Waals surface area contributed by atoms with Crippen molar-refractivity contribution >= 4 is 37.9 Å². The Hall–Kier alpha value is -0.120. The molecule has 0 aliphatic heterocycles. The molecule has 0 atom stereocenters. The minimum absolute atomic E-state index is 0.601. The minimum atomic E-state index is 0.601. The van der Waals surface area contributed by atoms with Crippen molar-refractivity contribution in [2.45, 2.75) is 6.92 Å². The third kappa shape index (κ3) is 3.63. The highest BCUT2D eigenvalue weighted by Gasteiger charge is 1.95. The first-order valence-corrected chi connectivity index (χ1v) is 5.54. The maximum absolute atomic E-state index is 5.50. The van der Waals surface area contributed by atoms with Gasteiger partial charge >= 0.3 is 0 Å². The Balaban J connectivity index is 3.02. The van der Waals surface area contributed by atoms with Crippen molar-refractivity contribution in [2.24, 2.45) is 5.73 Å². The summed E-state index contributed by atoms with van der Waals surface area (Å²) in [5, 5.41) is 0. The number of hydrogen-bond donors (Lipinski definition) is 1. The van der Waals surface area contributed by atoms with E-state index in [1.54, 1.807) is 0 Å². The summed E-state index contributed by atoms with van der Waals surface area (Å²) in [7, 11) is 0. The molecular weight excluding hydrogens is 294 g/mol. The van der Waals surface area contributed by atoms with Gasteiger partial charge in [0.1, 0.15) is 0 Å². The van der Waals surface area contributed by atoms with E-state index < -0.39 is 0 Å². The lowest BCUT2D eigenvalue weighted by atomic mass is 10.1. The fourth-order valence-corrected chi connectivity index (χ4v) is 2.33. The van der Waals surface area contributed by atoms with E-state index in [0.717, 1.165) is 14.5 Å². The molecule has 1 nitrogen and oxygen atoms in total. The van der Waals surface area contributed by atoms with Gasteiger partial charge in [-0.25, -0.2) is 0 Å². The van der Waals surface area contributed by atoms with Crippen LogP contribution in [0.3, 0.4) is 0 Å². The van der Waals surface area contributed by atoms with E-state index in [9.17, 15) is 0 Å². The van der Waals surface area contributed by atoms with E-state index in [1.165, 1.54) is 5.57 Å². The second kappa shape index (κ2) is 4.94. The van der Waals surface area contributed by atoms with Gasteiger partial charge in [0.05, 0.1) is 0 Å². The lowest BCUT2D eigenvalue weighted by Crippen LogP contribution is -1.99. The SMILES string of the molecule is C/C(=C/c1cc(Br)cc(Br)c1)CN. The molecule has 1 rings (SSSR count). The van der Waals surface area contributed by atoms with Crippen LogP contribution in [-0.2, 0) is 0 Å². The zero-order chi connectivity index (χ0) is 9.84. The maximum atomic E-state index is 5.50. The standard InChI is InChI=1S/C10H11Br2N/c1-7(6-13)2-8-3-9(11)5-10(12)4-8/h2-5H,6,13H2,1H3/b7-2-. The largest absolute Gasteiger partial charge is 0.327 e. The first-order valence-electron chi connectivity index (χ1n) is 3.95. The van der Waals surface area contributed by atoms with Crippen LogP contribution < -0.4 is 5.73 Å². The molecule has 0 amide bonds. The highest BCUT2D eigenvalue weighted by molar-refractivity contribution is 9.11. The van der Waals surface area contributed by atoms with E-state index in [0.29, 0.717) is 6.54 Å². The molecule has 0 fully saturated rings. The molecule has 0 aromatic heterocycles. The summed E-state index contributed by atoms with van der Waals surface area (Å²) in [6.45, 7) is 2.62. The second-order valence-corrected chi connectivity index (χ2v) is 4.73. The number of nitrogens with two attached hydrogens (primary N) is 1. The summed E-state index contributed by atoms with van der Waals surface area (Å²) < 4.78 is 2.14. The quantitative estimate of drug-likeness (QED) is 0.888. The number of benzene rings is 1. The average Bonchev–Trinajstić information content (AvgIpc) is 2.02. The second-order valence-electron chi connectivity index (χ2n) is 2.90. The van der Waals surface area contributed by atoms with Crippen LogP contribution in [0.25, 0.3) is 6.08 Å². The molecule has 13 heavy (non-hydrogen) atoms. The van der Waals surface area contributed by atoms with Crippen LogP contribution in [0, 0.1) is 0 Å². The van der Waals surface area contributed by atoms with E-state index in [2.05, 4.69) is 50.1 Å². The summed E-state index contributed by atoms with van der Waals surface area (Å²) in [5.41, 5.74) is 7.83. The van der Waals surface area contributed by atoms with Crippen molar-refractivity contribution in [1.29, 1.82) is 0 Å². The first kappa shape index (κ1) is 11.0. The van der Waals surface area contributed by atoms with Crippen LogP contribution in [-0.4, -0.2) is 6.54 Å². The van der Waals surface area contributed by atoms with E-state index in [1.807, 2.05) is 13.0 Å². The van der Waals surface area contributed by atoms with Gasteiger partial charge in [-0.2, -0.15) is 0 Å². The summed E-state index contributed by atoms with van der Waals surface area (Å²) in [6.07, 6.45) is 2.08.